The third-order valence-electron chi connectivity index (χ3n) is 3.08. The van der Waals surface area contributed by atoms with Gasteiger partial charge in [-0.15, -0.1) is 18.3 Å². The highest BCUT2D eigenvalue weighted by atomic mass is 32.2. The summed E-state index contributed by atoms with van der Waals surface area (Å²) in [6.07, 6.45) is -4.81. The second-order valence-electron chi connectivity index (χ2n) is 4.89. The van der Waals surface area contributed by atoms with Crippen LogP contribution >= 0.6 is 11.8 Å². The Morgan fingerprint density at radius 1 is 1.15 bits per heavy atom. The molecule has 0 saturated carbocycles. The van der Waals surface area contributed by atoms with E-state index in [1.807, 2.05) is 0 Å². The molecule has 8 nitrogen and oxygen atoms in total. The fourth-order valence-electron chi connectivity index (χ4n) is 1.98. The van der Waals surface area contributed by atoms with Gasteiger partial charge in [0.1, 0.15) is 11.6 Å². The molecule has 0 unspecified atom stereocenters. The monoisotopic (exact) mass is 401 g/mol. The summed E-state index contributed by atoms with van der Waals surface area (Å²) in [7, 11) is 0. The van der Waals surface area contributed by atoms with E-state index < -0.39 is 28.5 Å². The molecule has 13 heteroatoms. The van der Waals surface area contributed by atoms with Crippen LogP contribution in [0.15, 0.2) is 52.5 Å². The lowest BCUT2D eigenvalue weighted by atomic mass is 10.3. The van der Waals surface area contributed by atoms with E-state index in [9.17, 15) is 27.7 Å². The van der Waals surface area contributed by atoms with Crippen molar-refractivity contribution in [1.82, 2.24) is 20.2 Å². The van der Waals surface area contributed by atoms with Crippen LogP contribution in [0.4, 0.5) is 23.2 Å². The minimum absolute atomic E-state index is 0.0358. The van der Waals surface area contributed by atoms with Crippen molar-refractivity contribution in [2.75, 3.05) is 0 Å². The Balaban J connectivity index is 1.83. The van der Waals surface area contributed by atoms with Crippen LogP contribution in [0.2, 0.25) is 0 Å². The summed E-state index contributed by atoms with van der Waals surface area (Å²) in [5, 5.41) is 21.6. The number of alkyl halides is 3. The highest BCUT2D eigenvalue weighted by molar-refractivity contribution is 7.99. The Kier molecular flexibility index (Phi) is 4.94. The van der Waals surface area contributed by atoms with Crippen molar-refractivity contribution in [2.24, 2.45) is 0 Å². The molecular weight excluding hydrogens is 394 g/mol. The Hall–Kier alpha value is -3.22. The van der Waals surface area contributed by atoms with Gasteiger partial charge in [0, 0.05) is 6.07 Å². The van der Waals surface area contributed by atoms with E-state index in [0.717, 1.165) is 36.0 Å². The third-order valence-corrected chi connectivity index (χ3v) is 4.07. The smallest absolute Gasteiger partial charge is 0.406 e. The molecule has 2 aromatic carbocycles. The second-order valence-corrected chi connectivity index (χ2v) is 5.90. The number of nitrogens with zero attached hydrogens (tertiary/aromatic N) is 5. The minimum Gasteiger partial charge on any atom is -0.406 e. The van der Waals surface area contributed by atoms with E-state index in [-0.39, 0.29) is 10.1 Å². The van der Waals surface area contributed by atoms with Gasteiger partial charge in [0.15, 0.2) is 0 Å². The molecule has 140 valence electrons. The number of nitro groups is 1. The van der Waals surface area contributed by atoms with E-state index >= 15 is 0 Å². The molecule has 0 spiro atoms. The Morgan fingerprint density at radius 2 is 1.85 bits per heavy atom. The van der Waals surface area contributed by atoms with Gasteiger partial charge in [0.2, 0.25) is 5.16 Å². The van der Waals surface area contributed by atoms with Crippen LogP contribution < -0.4 is 4.74 Å². The first-order valence-electron chi connectivity index (χ1n) is 6.99. The first-order valence-corrected chi connectivity index (χ1v) is 7.81. The number of benzene rings is 2. The van der Waals surface area contributed by atoms with Crippen molar-refractivity contribution in [3.8, 4) is 11.4 Å². The van der Waals surface area contributed by atoms with Gasteiger partial charge in [-0.1, -0.05) is 0 Å². The van der Waals surface area contributed by atoms with Gasteiger partial charge in [0.25, 0.3) is 5.69 Å². The molecule has 0 saturated heterocycles. The highest BCUT2D eigenvalue weighted by Crippen LogP contribution is 2.31. The molecule has 0 aliphatic carbocycles. The van der Waals surface area contributed by atoms with Crippen molar-refractivity contribution in [2.45, 2.75) is 16.4 Å². The van der Waals surface area contributed by atoms with Gasteiger partial charge >= 0.3 is 6.36 Å². The summed E-state index contributed by atoms with van der Waals surface area (Å²) in [5.41, 5.74) is -0.101. The molecule has 1 heterocycles. The molecule has 0 amide bonds. The van der Waals surface area contributed by atoms with E-state index in [1.165, 1.54) is 22.9 Å². The van der Waals surface area contributed by atoms with Gasteiger partial charge in [-0.05, 0) is 52.5 Å². The molecule has 0 aliphatic rings. The third kappa shape index (κ3) is 4.49. The number of aromatic nitrogens is 4. The van der Waals surface area contributed by atoms with Crippen molar-refractivity contribution in [3.05, 3.63) is 58.4 Å². The van der Waals surface area contributed by atoms with Crippen molar-refractivity contribution >= 4 is 17.4 Å². The fraction of sp³-hybridized carbons (Fsp3) is 0.0714. The van der Waals surface area contributed by atoms with Crippen LogP contribution in [0.3, 0.4) is 0 Å². The first-order chi connectivity index (χ1) is 12.7. The number of tetrazole rings is 1. The van der Waals surface area contributed by atoms with E-state index in [1.54, 1.807) is 0 Å². The lowest BCUT2D eigenvalue weighted by Gasteiger charge is -2.09. The topological polar surface area (TPSA) is 96.0 Å². The quantitative estimate of drug-likeness (QED) is 0.365. The van der Waals surface area contributed by atoms with Gasteiger partial charge < -0.3 is 4.74 Å². The maximum atomic E-state index is 14.0. The highest BCUT2D eigenvalue weighted by Gasteiger charge is 2.31. The normalized spacial score (nSPS) is 11.4. The van der Waals surface area contributed by atoms with Crippen molar-refractivity contribution in [3.63, 3.8) is 0 Å². The van der Waals surface area contributed by atoms with Crippen molar-refractivity contribution in [1.29, 1.82) is 0 Å². The lowest BCUT2D eigenvalue weighted by Crippen LogP contribution is -2.17. The molecule has 0 aliphatic heterocycles. The molecule has 27 heavy (non-hydrogen) atoms. The summed E-state index contributed by atoms with van der Waals surface area (Å²) in [5.74, 6) is -1.26. The number of hydrogen-bond acceptors (Lipinski definition) is 7. The van der Waals surface area contributed by atoms with Gasteiger partial charge in [-0.2, -0.15) is 4.68 Å². The summed E-state index contributed by atoms with van der Waals surface area (Å²) >= 11 is 0.795. The molecular formula is C14H7F4N5O3S. The molecule has 0 atom stereocenters. The van der Waals surface area contributed by atoms with E-state index in [2.05, 4.69) is 20.3 Å². The zero-order valence-electron chi connectivity index (χ0n) is 12.9. The zero-order chi connectivity index (χ0) is 19.6. The van der Waals surface area contributed by atoms with Gasteiger partial charge in [-0.3, -0.25) is 10.1 Å². The molecule has 0 N–H and O–H groups in total. The average Bonchev–Trinajstić information content (AvgIpc) is 3.04. The second kappa shape index (κ2) is 7.19. The predicted octanol–water partition coefficient (Wildman–Crippen LogP) is 3.76. The van der Waals surface area contributed by atoms with Gasteiger partial charge in [-0.25, -0.2) is 4.39 Å². The van der Waals surface area contributed by atoms with Crippen LogP contribution in [-0.4, -0.2) is 31.5 Å². The average molecular weight is 401 g/mol. The number of ether oxygens (including phenoxy) is 1. The molecule has 1 aromatic heterocycles. The largest absolute Gasteiger partial charge is 0.573 e. The SMILES string of the molecule is O=[N+]([O-])c1ccc(Sc2nnnn2-c2ccc(OC(F)(F)F)cc2)c(F)c1. The number of rotatable bonds is 5. The van der Waals surface area contributed by atoms with Crippen LogP contribution in [0.25, 0.3) is 5.69 Å². The number of hydrogen-bond donors (Lipinski definition) is 0. The molecule has 0 bridgehead atoms. The predicted molar refractivity (Wildman–Crippen MR) is 83.0 cm³/mol. The fourth-order valence-corrected chi connectivity index (χ4v) is 2.77. The van der Waals surface area contributed by atoms with E-state index in [4.69, 9.17) is 0 Å². The lowest BCUT2D eigenvalue weighted by molar-refractivity contribution is -0.385. The van der Waals surface area contributed by atoms with Crippen LogP contribution in [0.1, 0.15) is 0 Å². The Labute approximate surface area is 151 Å². The maximum Gasteiger partial charge on any atom is 0.573 e. The number of halogens is 4. The number of non-ortho nitro benzene ring substituents is 1. The maximum absolute atomic E-state index is 14.0. The molecule has 0 radical (unpaired) electrons. The molecule has 3 rings (SSSR count). The molecule has 0 fully saturated rings. The summed E-state index contributed by atoms with van der Waals surface area (Å²) < 4.78 is 55.6. The number of nitro benzene ring substituents is 1. The van der Waals surface area contributed by atoms with Gasteiger partial charge in [0.05, 0.1) is 21.6 Å². The van der Waals surface area contributed by atoms with Crippen LogP contribution in [0.5, 0.6) is 5.75 Å². The Bertz CT molecular complexity index is 978. The summed E-state index contributed by atoms with van der Waals surface area (Å²) in [4.78, 5) is 9.96. The first kappa shape index (κ1) is 18.6. The van der Waals surface area contributed by atoms with Crippen LogP contribution in [0, 0.1) is 15.9 Å². The summed E-state index contributed by atoms with van der Waals surface area (Å²) in [6, 6.07) is 7.82. The zero-order valence-corrected chi connectivity index (χ0v) is 13.7. The van der Waals surface area contributed by atoms with E-state index in [0.29, 0.717) is 5.69 Å². The standard InChI is InChI=1S/C14H7F4N5O3S/c15-11-7-9(23(24)25)3-6-12(11)27-13-19-20-21-22(13)8-1-4-10(5-2-8)26-14(16,17)18/h1-7H. The Morgan fingerprint density at radius 3 is 2.44 bits per heavy atom. The van der Waals surface area contributed by atoms with Crippen LogP contribution in [-0.2, 0) is 0 Å². The minimum atomic E-state index is -4.81. The molecule has 3 aromatic rings. The summed E-state index contributed by atoms with van der Waals surface area (Å²) in [6.45, 7) is 0. The van der Waals surface area contributed by atoms with Crippen molar-refractivity contribution < 1.29 is 27.2 Å².